The molecule has 1 heterocycles. The topological polar surface area (TPSA) is 46.2 Å². The molecule has 3 heteroatoms. The van der Waals surface area contributed by atoms with Crippen molar-refractivity contribution in [2.45, 2.75) is 33.1 Å². The van der Waals surface area contributed by atoms with Gasteiger partial charge in [-0.3, -0.25) is 14.9 Å². The number of imide groups is 1. The van der Waals surface area contributed by atoms with Gasteiger partial charge < -0.3 is 0 Å². The summed E-state index contributed by atoms with van der Waals surface area (Å²) in [6, 6.07) is 0. The van der Waals surface area contributed by atoms with Crippen molar-refractivity contribution >= 4 is 11.8 Å². The Labute approximate surface area is 66.2 Å². The molecule has 0 aromatic heterocycles. The van der Waals surface area contributed by atoms with Crippen molar-refractivity contribution in [1.82, 2.24) is 5.32 Å². The normalized spacial score (nSPS) is 22.0. The average Bonchev–Trinajstić information content (AvgIpc) is 2.27. The Hall–Kier alpha value is -0.860. The molecule has 1 fully saturated rings. The van der Waals surface area contributed by atoms with E-state index < -0.39 is 5.41 Å². The molecular weight excluding hydrogens is 142 g/mol. The highest BCUT2D eigenvalue weighted by atomic mass is 16.2. The molecule has 1 aliphatic rings. The molecule has 0 unspecified atom stereocenters. The van der Waals surface area contributed by atoms with Gasteiger partial charge in [0.05, 0.1) is 5.41 Å². The highest BCUT2D eigenvalue weighted by molar-refractivity contribution is 6.05. The van der Waals surface area contributed by atoms with Crippen molar-refractivity contribution < 1.29 is 9.59 Å². The van der Waals surface area contributed by atoms with Crippen LogP contribution >= 0.6 is 0 Å². The number of hydrogen-bond acceptors (Lipinski definition) is 2. The zero-order chi connectivity index (χ0) is 8.48. The molecule has 0 bridgehead atoms. The van der Waals surface area contributed by atoms with Gasteiger partial charge in [0.1, 0.15) is 0 Å². The molecule has 0 aliphatic carbocycles. The van der Waals surface area contributed by atoms with E-state index in [2.05, 4.69) is 5.32 Å². The predicted molar refractivity (Wildman–Crippen MR) is 40.8 cm³/mol. The van der Waals surface area contributed by atoms with E-state index in [0.717, 1.165) is 12.8 Å². The van der Waals surface area contributed by atoms with Crippen LogP contribution in [0.2, 0.25) is 0 Å². The van der Waals surface area contributed by atoms with Gasteiger partial charge in [0, 0.05) is 6.42 Å². The van der Waals surface area contributed by atoms with E-state index in [0.29, 0.717) is 6.42 Å². The maximum absolute atomic E-state index is 11.2. The molecule has 3 nitrogen and oxygen atoms in total. The Kier molecular flexibility index (Phi) is 1.98. The molecule has 0 aromatic carbocycles. The maximum Gasteiger partial charge on any atom is 0.233 e. The molecule has 0 saturated carbocycles. The second-order valence-corrected chi connectivity index (χ2v) is 3.04. The van der Waals surface area contributed by atoms with E-state index in [1.54, 1.807) is 0 Å². The molecule has 62 valence electrons. The molecule has 0 radical (unpaired) electrons. The molecular formula is C8H13NO2. The molecule has 1 N–H and O–H groups in total. The first-order chi connectivity index (χ1) is 5.14. The lowest BCUT2D eigenvalue weighted by molar-refractivity contribution is -0.128. The molecule has 1 aliphatic heterocycles. The van der Waals surface area contributed by atoms with Crippen molar-refractivity contribution in [3.8, 4) is 0 Å². The van der Waals surface area contributed by atoms with Crippen LogP contribution in [0.5, 0.6) is 0 Å². The molecule has 0 atom stereocenters. The van der Waals surface area contributed by atoms with Crippen molar-refractivity contribution in [2.24, 2.45) is 5.41 Å². The first kappa shape index (κ1) is 8.24. The lowest BCUT2D eigenvalue weighted by atomic mass is 9.81. The van der Waals surface area contributed by atoms with E-state index in [9.17, 15) is 9.59 Å². The van der Waals surface area contributed by atoms with Crippen LogP contribution in [0.25, 0.3) is 0 Å². The minimum absolute atomic E-state index is 0.0903. The number of amides is 2. The summed E-state index contributed by atoms with van der Waals surface area (Å²) < 4.78 is 0. The SMILES string of the molecule is CCC1(CC)CC(=O)NC1=O. The number of carbonyl (C=O) groups is 2. The van der Waals surface area contributed by atoms with Gasteiger partial charge in [-0.15, -0.1) is 0 Å². The van der Waals surface area contributed by atoms with Gasteiger partial charge >= 0.3 is 0 Å². The van der Waals surface area contributed by atoms with E-state index in [-0.39, 0.29) is 11.8 Å². The minimum Gasteiger partial charge on any atom is -0.296 e. The average molecular weight is 155 g/mol. The summed E-state index contributed by atoms with van der Waals surface area (Å²) in [6.07, 6.45) is 1.88. The van der Waals surface area contributed by atoms with E-state index in [1.807, 2.05) is 13.8 Å². The Morgan fingerprint density at radius 2 is 1.91 bits per heavy atom. The number of nitrogens with one attached hydrogen (secondary N) is 1. The van der Waals surface area contributed by atoms with Crippen molar-refractivity contribution in [3.63, 3.8) is 0 Å². The Balaban J connectivity index is 2.84. The lowest BCUT2D eigenvalue weighted by Crippen LogP contribution is -2.30. The second-order valence-electron chi connectivity index (χ2n) is 3.04. The summed E-state index contributed by atoms with van der Waals surface area (Å²) in [5, 5.41) is 2.33. The van der Waals surface area contributed by atoms with E-state index >= 15 is 0 Å². The number of hydrogen-bond donors (Lipinski definition) is 1. The zero-order valence-corrected chi connectivity index (χ0v) is 6.94. The van der Waals surface area contributed by atoms with Crippen LogP contribution in [-0.4, -0.2) is 11.8 Å². The third-order valence-electron chi connectivity index (χ3n) is 2.59. The van der Waals surface area contributed by atoms with Gasteiger partial charge in [0.25, 0.3) is 0 Å². The fourth-order valence-corrected chi connectivity index (χ4v) is 1.51. The Bertz CT molecular complexity index is 194. The molecule has 1 saturated heterocycles. The minimum atomic E-state index is -0.392. The summed E-state index contributed by atoms with van der Waals surface area (Å²) >= 11 is 0. The summed E-state index contributed by atoms with van der Waals surface area (Å²) in [4.78, 5) is 22.1. The molecule has 0 aromatic rings. The number of carbonyl (C=O) groups excluding carboxylic acids is 2. The van der Waals surface area contributed by atoms with E-state index in [4.69, 9.17) is 0 Å². The predicted octanol–water partition coefficient (Wildman–Crippen LogP) is 0.839. The quantitative estimate of drug-likeness (QED) is 0.600. The molecule has 11 heavy (non-hydrogen) atoms. The van der Waals surface area contributed by atoms with Gasteiger partial charge in [0.2, 0.25) is 11.8 Å². The van der Waals surface area contributed by atoms with Crippen LogP contribution in [0.1, 0.15) is 33.1 Å². The smallest absolute Gasteiger partial charge is 0.233 e. The molecule has 2 amide bonds. The van der Waals surface area contributed by atoms with Gasteiger partial charge in [-0.2, -0.15) is 0 Å². The zero-order valence-electron chi connectivity index (χ0n) is 6.94. The third-order valence-corrected chi connectivity index (χ3v) is 2.59. The summed E-state index contributed by atoms with van der Waals surface area (Å²) in [6.45, 7) is 3.89. The first-order valence-electron chi connectivity index (χ1n) is 3.99. The van der Waals surface area contributed by atoms with Gasteiger partial charge in [-0.1, -0.05) is 13.8 Å². The van der Waals surface area contributed by atoms with Crippen LogP contribution in [0.4, 0.5) is 0 Å². The Morgan fingerprint density at radius 3 is 2.09 bits per heavy atom. The van der Waals surface area contributed by atoms with Gasteiger partial charge in [-0.25, -0.2) is 0 Å². The van der Waals surface area contributed by atoms with Crippen LogP contribution < -0.4 is 5.32 Å². The molecule has 1 rings (SSSR count). The van der Waals surface area contributed by atoms with Crippen LogP contribution in [0.3, 0.4) is 0 Å². The van der Waals surface area contributed by atoms with Gasteiger partial charge in [0.15, 0.2) is 0 Å². The van der Waals surface area contributed by atoms with E-state index in [1.165, 1.54) is 0 Å². The van der Waals surface area contributed by atoms with Crippen LogP contribution in [0.15, 0.2) is 0 Å². The molecule has 0 spiro atoms. The Morgan fingerprint density at radius 1 is 1.36 bits per heavy atom. The first-order valence-corrected chi connectivity index (χ1v) is 3.99. The highest BCUT2D eigenvalue weighted by Crippen LogP contribution is 2.34. The van der Waals surface area contributed by atoms with Crippen molar-refractivity contribution in [3.05, 3.63) is 0 Å². The monoisotopic (exact) mass is 155 g/mol. The lowest BCUT2D eigenvalue weighted by Gasteiger charge is -2.20. The summed E-state index contributed by atoms with van der Waals surface area (Å²) in [5.74, 6) is -0.216. The largest absolute Gasteiger partial charge is 0.296 e. The summed E-state index contributed by atoms with van der Waals surface area (Å²) in [7, 11) is 0. The third kappa shape index (κ3) is 1.15. The fourth-order valence-electron chi connectivity index (χ4n) is 1.51. The highest BCUT2D eigenvalue weighted by Gasteiger charge is 2.43. The van der Waals surface area contributed by atoms with Gasteiger partial charge in [-0.05, 0) is 12.8 Å². The van der Waals surface area contributed by atoms with Crippen molar-refractivity contribution in [1.29, 1.82) is 0 Å². The fraction of sp³-hybridized carbons (Fsp3) is 0.750. The standard InChI is InChI=1S/C8H13NO2/c1-3-8(4-2)5-6(10)9-7(8)11/h3-5H2,1-2H3,(H,9,10,11). The second kappa shape index (κ2) is 2.64. The summed E-state index contributed by atoms with van der Waals surface area (Å²) in [5.41, 5.74) is -0.392. The maximum atomic E-state index is 11.2. The van der Waals surface area contributed by atoms with Crippen LogP contribution in [-0.2, 0) is 9.59 Å². The number of rotatable bonds is 2. The van der Waals surface area contributed by atoms with Crippen LogP contribution in [0, 0.1) is 5.41 Å². The van der Waals surface area contributed by atoms with Crippen molar-refractivity contribution in [2.75, 3.05) is 0 Å².